The number of nitrogens with zero attached hydrogens (tertiary/aromatic N) is 2. The molecule has 0 spiro atoms. The quantitative estimate of drug-likeness (QED) is 0.793. The fourth-order valence-corrected chi connectivity index (χ4v) is 3.76. The third-order valence-electron chi connectivity index (χ3n) is 5.03. The van der Waals surface area contributed by atoms with Crippen LogP contribution in [0.15, 0.2) is 24.3 Å². The third kappa shape index (κ3) is 5.39. The summed E-state index contributed by atoms with van der Waals surface area (Å²) in [7, 11) is 0. The van der Waals surface area contributed by atoms with Crippen LogP contribution in [-0.2, 0) is 9.53 Å². The maximum Gasteiger partial charge on any atom is 0.407 e. The van der Waals surface area contributed by atoms with Gasteiger partial charge in [-0.05, 0) is 45.7 Å². The molecule has 1 fully saturated rings. The van der Waals surface area contributed by atoms with Crippen molar-refractivity contribution in [1.29, 1.82) is 0 Å². The van der Waals surface area contributed by atoms with Crippen molar-refractivity contribution < 1.29 is 24.2 Å². The highest BCUT2D eigenvalue weighted by atomic mass is 16.6. The van der Waals surface area contributed by atoms with E-state index in [1.807, 2.05) is 29.2 Å². The predicted molar refractivity (Wildman–Crippen MR) is 109 cm³/mol. The molecule has 0 aromatic heterocycles. The second-order valence-corrected chi connectivity index (χ2v) is 8.48. The van der Waals surface area contributed by atoms with Crippen LogP contribution in [0.1, 0.15) is 33.6 Å². The van der Waals surface area contributed by atoms with E-state index in [1.165, 1.54) is 0 Å². The number of amides is 2. The van der Waals surface area contributed by atoms with Crippen molar-refractivity contribution in [2.75, 3.05) is 37.7 Å². The zero-order valence-electron chi connectivity index (χ0n) is 17.4. The van der Waals surface area contributed by atoms with Gasteiger partial charge in [-0.2, -0.15) is 0 Å². The van der Waals surface area contributed by atoms with Crippen LogP contribution in [0.4, 0.5) is 10.5 Å². The maximum absolute atomic E-state index is 13.2. The Hall–Kier alpha value is -2.32. The molecule has 0 radical (unpaired) electrons. The van der Waals surface area contributed by atoms with Crippen molar-refractivity contribution in [1.82, 2.24) is 10.2 Å². The Kier molecular flexibility index (Phi) is 6.64. The molecule has 1 aromatic carbocycles. The Balaban J connectivity index is 1.71. The molecule has 2 aliphatic rings. The molecule has 8 heteroatoms. The number of rotatable bonds is 4. The fraction of sp³-hybridized carbons (Fsp3) is 0.619. The van der Waals surface area contributed by atoms with Gasteiger partial charge in [-0.25, -0.2) is 4.79 Å². The molecule has 8 nitrogen and oxygen atoms in total. The van der Waals surface area contributed by atoms with Gasteiger partial charge in [-0.1, -0.05) is 12.1 Å². The number of carbonyl (C=O) groups is 2. The van der Waals surface area contributed by atoms with Crippen LogP contribution in [0.25, 0.3) is 0 Å². The van der Waals surface area contributed by atoms with Crippen LogP contribution in [0.2, 0.25) is 0 Å². The maximum atomic E-state index is 13.2. The summed E-state index contributed by atoms with van der Waals surface area (Å²) in [5.41, 5.74) is 0.186. The lowest BCUT2D eigenvalue weighted by Gasteiger charge is -2.41. The monoisotopic (exact) mass is 405 g/mol. The molecule has 2 atom stereocenters. The van der Waals surface area contributed by atoms with E-state index in [0.29, 0.717) is 32.7 Å². The molecule has 29 heavy (non-hydrogen) atoms. The van der Waals surface area contributed by atoms with Crippen molar-refractivity contribution in [3.63, 3.8) is 0 Å². The number of benzene rings is 1. The number of ether oxygens (including phenoxy) is 2. The summed E-state index contributed by atoms with van der Waals surface area (Å²) < 4.78 is 11.2. The van der Waals surface area contributed by atoms with Crippen molar-refractivity contribution >= 4 is 17.7 Å². The van der Waals surface area contributed by atoms with Crippen molar-refractivity contribution in [3.8, 4) is 5.75 Å². The molecule has 160 valence electrons. The summed E-state index contributed by atoms with van der Waals surface area (Å²) in [6, 6.07) is 6.78. The van der Waals surface area contributed by atoms with Gasteiger partial charge in [-0.3, -0.25) is 9.69 Å². The number of anilines is 1. The average molecular weight is 405 g/mol. The lowest BCUT2D eigenvalue weighted by atomic mass is 10.0. The van der Waals surface area contributed by atoms with Crippen LogP contribution in [0.5, 0.6) is 5.75 Å². The number of aliphatic hydroxyl groups excluding tert-OH is 1. The summed E-state index contributed by atoms with van der Waals surface area (Å²) in [5.74, 6) is 0.762. The molecule has 1 saturated heterocycles. The Labute approximate surface area is 171 Å². The highest BCUT2D eigenvalue weighted by Gasteiger charge is 2.37. The molecule has 2 amide bonds. The molecule has 0 aliphatic carbocycles. The Morgan fingerprint density at radius 2 is 2.10 bits per heavy atom. The zero-order valence-corrected chi connectivity index (χ0v) is 17.4. The van der Waals surface area contributed by atoms with Gasteiger partial charge in [0.15, 0.2) is 0 Å². The average Bonchev–Trinajstić information content (AvgIpc) is 2.68. The normalized spacial score (nSPS) is 21.2. The van der Waals surface area contributed by atoms with E-state index >= 15 is 0 Å². The number of fused-ring (bicyclic) bond motifs is 4. The first-order valence-electron chi connectivity index (χ1n) is 10.2. The molecular formula is C21H31N3O5. The lowest BCUT2D eigenvalue weighted by molar-refractivity contribution is -0.126. The molecule has 2 aliphatic heterocycles. The van der Waals surface area contributed by atoms with E-state index in [-0.39, 0.29) is 18.6 Å². The molecule has 2 N–H and O–H groups in total. The van der Waals surface area contributed by atoms with Crippen LogP contribution in [-0.4, -0.2) is 72.5 Å². The SMILES string of the molecule is CC(C)(C)OC(=O)NC(CO)CN1CCN2C(=O)C1CCCOc1ccccc12. The Morgan fingerprint density at radius 1 is 1.34 bits per heavy atom. The summed E-state index contributed by atoms with van der Waals surface area (Å²) in [6.45, 7) is 7.23. The van der Waals surface area contributed by atoms with Crippen LogP contribution in [0, 0.1) is 0 Å². The van der Waals surface area contributed by atoms with Crippen LogP contribution in [0.3, 0.4) is 0 Å². The highest BCUT2D eigenvalue weighted by Crippen LogP contribution is 2.32. The van der Waals surface area contributed by atoms with Crippen molar-refractivity contribution in [3.05, 3.63) is 24.3 Å². The van der Waals surface area contributed by atoms with Gasteiger partial charge >= 0.3 is 6.09 Å². The minimum Gasteiger partial charge on any atom is -0.491 e. The lowest BCUT2D eigenvalue weighted by Crippen LogP contribution is -2.60. The summed E-state index contributed by atoms with van der Waals surface area (Å²) >= 11 is 0. The molecule has 2 unspecified atom stereocenters. The second-order valence-electron chi connectivity index (χ2n) is 8.48. The second kappa shape index (κ2) is 9.00. The largest absolute Gasteiger partial charge is 0.491 e. The van der Waals surface area contributed by atoms with E-state index in [1.54, 1.807) is 25.7 Å². The number of carbonyl (C=O) groups excluding carboxylic acids is 2. The zero-order chi connectivity index (χ0) is 21.0. The van der Waals surface area contributed by atoms with Gasteiger partial charge in [0, 0.05) is 19.6 Å². The van der Waals surface area contributed by atoms with Gasteiger partial charge in [0.1, 0.15) is 11.4 Å². The van der Waals surface area contributed by atoms with Gasteiger partial charge in [-0.15, -0.1) is 0 Å². The fourth-order valence-electron chi connectivity index (χ4n) is 3.76. The number of para-hydroxylation sites is 2. The Bertz CT molecular complexity index is 733. The number of piperazine rings is 1. The topological polar surface area (TPSA) is 91.3 Å². The molecule has 3 rings (SSSR count). The van der Waals surface area contributed by atoms with Crippen molar-refractivity contribution in [2.24, 2.45) is 0 Å². The first-order chi connectivity index (χ1) is 13.8. The summed E-state index contributed by atoms with van der Waals surface area (Å²) in [6.07, 6.45) is 0.838. The predicted octanol–water partition coefficient (Wildman–Crippen LogP) is 1.76. The van der Waals surface area contributed by atoms with Gasteiger partial charge in [0.25, 0.3) is 0 Å². The number of alkyl carbamates (subject to hydrolysis) is 1. The first-order valence-corrected chi connectivity index (χ1v) is 10.2. The first kappa shape index (κ1) is 21.4. The molecular weight excluding hydrogens is 374 g/mol. The minimum atomic E-state index is -0.614. The van der Waals surface area contributed by atoms with Gasteiger partial charge in [0.05, 0.1) is 31.0 Å². The minimum absolute atomic E-state index is 0.0307. The van der Waals surface area contributed by atoms with E-state index in [9.17, 15) is 14.7 Å². The molecule has 2 bridgehead atoms. The molecule has 2 heterocycles. The molecule has 1 aromatic rings. The number of hydrogen-bond donors (Lipinski definition) is 2. The number of nitrogens with one attached hydrogen (secondary N) is 1. The van der Waals surface area contributed by atoms with E-state index in [2.05, 4.69) is 5.32 Å². The highest BCUT2D eigenvalue weighted by molar-refractivity contribution is 5.99. The van der Waals surface area contributed by atoms with E-state index < -0.39 is 17.7 Å². The number of aliphatic hydroxyl groups is 1. The standard InChI is InChI=1S/C21H31N3O5/c1-21(2,3)29-20(27)22-15(14-25)13-23-10-11-24-16-7-4-5-9-18(16)28-12-6-8-17(23)19(24)26/h4-5,7,9,15,17,25H,6,8,10-14H2,1-3H3,(H,22,27). The smallest absolute Gasteiger partial charge is 0.407 e. The Morgan fingerprint density at radius 3 is 2.83 bits per heavy atom. The van der Waals surface area contributed by atoms with Crippen LogP contribution >= 0.6 is 0 Å². The molecule has 0 saturated carbocycles. The van der Waals surface area contributed by atoms with Crippen LogP contribution < -0.4 is 15.0 Å². The van der Waals surface area contributed by atoms with Gasteiger partial charge < -0.3 is 24.8 Å². The van der Waals surface area contributed by atoms with E-state index in [4.69, 9.17) is 9.47 Å². The third-order valence-corrected chi connectivity index (χ3v) is 5.03. The summed E-state index contributed by atoms with van der Waals surface area (Å²) in [5, 5.41) is 12.5. The number of hydrogen-bond acceptors (Lipinski definition) is 6. The summed E-state index contributed by atoms with van der Waals surface area (Å²) in [4.78, 5) is 29.2. The van der Waals surface area contributed by atoms with Gasteiger partial charge in [0.2, 0.25) is 5.91 Å². The van der Waals surface area contributed by atoms with Crippen molar-refractivity contribution in [2.45, 2.75) is 51.3 Å². The van der Waals surface area contributed by atoms with E-state index in [0.717, 1.165) is 17.9 Å².